The van der Waals surface area contributed by atoms with E-state index in [1.807, 2.05) is 0 Å². The molecule has 0 bridgehead atoms. The predicted octanol–water partition coefficient (Wildman–Crippen LogP) is 0.230. The average molecular weight is 258 g/mol. The van der Waals surface area contributed by atoms with E-state index in [9.17, 15) is 9.90 Å². The summed E-state index contributed by atoms with van der Waals surface area (Å²) in [6, 6.07) is 0.272. The van der Waals surface area contributed by atoms with Gasteiger partial charge >= 0.3 is 0 Å². The molecule has 0 aromatic heterocycles. The van der Waals surface area contributed by atoms with Gasteiger partial charge in [0.15, 0.2) is 0 Å². The number of carbonyl (C=O) groups excluding carboxylic acids is 1. The Kier molecular flexibility index (Phi) is 6.60. The molecule has 1 fully saturated rings. The van der Waals surface area contributed by atoms with Crippen LogP contribution in [0.2, 0.25) is 0 Å². The predicted molar refractivity (Wildman–Crippen MR) is 70.3 cm³/mol. The molecule has 2 N–H and O–H groups in total. The first-order chi connectivity index (χ1) is 8.54. The molecule has 1 rings (SSSR count). The molecule has 3 atom stereocenters. The number of hydrogen-bond acceptors (Lipinski definition) is 4. The van der Waals surface area contributed by atoms with Gasteiger partial charge in [0.05, 0.1) is 12.7 Å². The molecule has 1 saturated heterocycles. The molecule has 0 spiro atoms. The molecule has 0 saturated carbocycles. The van der Waals surface area contributed by atoms with E-state index in [-0.39, 0.29) is 18.6 Å². The van der Waals surface area contributed by atoms with Gasteiger partial charge in [-0.2, -0.15) is 0 Å². The van der Waals surface area contributed by atoms with Crippen LogP contribution < -0.4 is 5.32 Å². The minimum absolute atomic E-state index is 0.0800. The number of nitrogens with one attached hydrogen (secondary N) is 1. The van der Waals surface area contributed by atoms with E-state index >= 15 is 0 Å². The Bertz CT molecular complexity index is 261. The topological polar surface area (TPSA) is 61.8 Å². The van der Waals surface area contributed by atoms with Gasteiger partial charge in [0.2, 0.25) is 5.91 Å². The fourth-order valence-electron chi connectivity index (χ4n) is 2.39. The van der Waals surface area contributed by atoms with Crippen molar-refractivity contribution in [3.05, 3.63) is 0 Å². The van der Waals surface area contributed by atoms with Gasteiger partial charge in [0.25, 0.3) is 0 Å². The van der Waals surface area contributed by atoms with Gasteiger partial charge in [0, 0.05) is 33.2 Å². The van der Waals surface area contributed by atoms with Gasteiger partial charge in [0.1, 0.15) is 0 Å². The smallest absolute Gasteiger partial charge is 0.223 e. The number of amides is 1. The largest absolute Gasteiger partial charge is 0.389 e. The highest BCUT2D eigenvalue weighted by Gasteiger charge is 2.25. The molecule has 1 amide bonds. The molecular weight excluding hydrogens is 232 g/mol. The fourth-order valence-corrected chi connectivity index (χ4v) is 2.39. The highest BCUT2D eigenvalue weighted by Crippen LogP contribution is 2.18. The molecular formula is C13H26N2O3. The van der Waals surface area contributed by atoms with Crippen molar-refractivity contribution >= 4 is 5.91 Å². The molecule has 0 aromatic carbocycles. The number of aliphatic hydroxyl groups is 1. The first kappa shape index (κ1) is 15.4. The summed E-state index contributed by atoms with van der Waals surface area (Å²) in [6.07, 6.45) is 2.27. The number of aliphatic hydroxyl groups excluding tert-OH is 1. The van der Waals surface area contributed by atoms with Gasteiger partial charge in [-0.15, -0.1) is 0 Å². The summed E-state index contributed by atoms with van der Waals surface area (Å²) < 4.78 is 4.85. The van der Waals surface area contributed by atoms with Crippen LogP contribution in [-0.2, 0) is 9.53 Å². The molecule has 18 heavy (non-hydrogen) atoms. The maximum atomic E-state index is 12.0. The molecule has 5 nitrogen and oxygen atoms in total. The van der Waals surface area contributed by atoms with Crippen molar-refractivity contribution in [2.45, 2.75) is 38.3 Å². The molecule has 1 aliphatic heterocycles. The Morgan fingerprint density at radius 2 is 2.33 bits per heavy atom. The second kappa shape index (κ2) is 7.71. The third-order valence-electron chi connectivity index (χ3n) is 3.59. The molecule has 1 heterocycles. The quantitative estimate of drug-likeness (QED) is 0.716. The van der Waals surface area contributed by atoms with E-state index in [0.717, 1.165) is 6.54 Å². The Balaban J connectivity index is 2.34. The van der Waals surface area contributed by atoms with E-state index in [1.165, 1.54) is 12.8 Å². The Hall–Kier alpha value is -0.650. The third-order valence-corrected chi connectivity index (χ3v) is 3.59. The Morgan fingerprint density at radius 3 is 2.94 bits per heavy atom. The van der Waals surface area contributed by atoms with Crippen molar-refractivity contribution in [2.75, 3.05) is 33.9 Å². The zero-order valence-electron chi connectivity index (χ0n) is 11.7. The van der Waals surface area contributed by atoms with Crippen LogP contribution in [0.25, 0.3) is 0 Å². The van der Waals surface area contributed by atoms with E-state index in [0.29, 0.717) is 18.9 Å². The number of methoxy groups -OCH3 is 1. The number of nitrogens with zero attached hydrogens (tertiary/aromatic N) is 1. The summed E-state index contributed by atoms with van der Waals surface area (Å²) in [7, 11) is 3.27. The fraction of sp³-hybridized carbons (Fsp3) is 0.923. The maximum Gasteiger partial charge on any atom is 0.223 e. The SMILES string of the molecule is COCC(O)CN(C)C(=O)CC1NCCCC1C. The number of hydrogen-bond donors (Lipinski definition) is 2. The lowest BCUT2D eigenvalue weighted by Crippen LogP contribution is -2.45. The van der Waals surface area contributed by atoms with Crippen LogP contribution in [0.15, 0.2) is 0 Å². The van der Waals surface area contributed by atoms with Gasteiger partial charge in [-0.3, -0.25) is 4.79 Å². The van der Waals surface area contributed by atoms with Crippen molar-refractivity contribution < 1.29 is 14.6 Å². The van der Waals surface area contributed by atoms with Gasteiger partial charge < -0.3 is 20.1 Å². The molecule has 1 aliphatic rings. The monoisotopic (exact) mass is 258 g/mol. The van der Waals surface area contributed by atoms with Crippen LogP contribution in [0, 0.1) is 5.92 Å². The summed E-state index contributed by atoms with van der Waals surface area (Å²) in [5.41, 5.74) is 0. The molecule has 0 aliphatic carbocycles. The van der Waals surface area contributed by atoms with Crippen LogP contribution in [0.4, 0.5) is 0 Å². The van der Waals surface area contributed by atoms with Crippen molar-refractivity contribution in [3.8, 4) is 0 Å². The summed E-state index contributed by atoms with van der Waals surface area (Å²) in [6.45, 7) is 3.77. The minimum Gasteiger partial charge on any atom is -0.389 e. The first-order valence-corrected chi connectivity index (χ1v) is 6.69. The summed E-state index contributed by atoms with van der Waals surface area (Å²) in [5, 5.41) is 13.0. The van der Waals surface area contributed by atoms with Crippen LogP contribution in [0.3, 0.4) is 0 Å². The van der Waals surface area contributed by atoms with Crippen LogP contribution in [-0.4, -0.2) is 61.9 Å². The van der Waals surface area contributed by atoms with E-state index in [4.69, 9.17) is 4.74 Å². The lowest BCUT2D eigenvalue weighted by molar-refractivity contribution is -0.132. The number of piperidine rings is 1. The Morgan fingerprint density at radius 1 is 1.61 bits per heavy atom. The van der Waals surface area contributed by atoms with Gasteiger partial charge in [-0.05, 0) is 25.3 Å². The second-order valence-corrected chi connectivity index (χ2v) is 5.27. The molecule has 5 heteroatoms. The number of ether oxygens (including phenoxy) is 1. The van der Waals surface area contributed by atoms with Crippen molar-refractivity contribution in [1.29, 1.82) is 0 Å². The summed E-state index contributed by atoms with van der Waals surface area (Å²) in [5.74, 6) is 0.622. The van der Waals surface area contributed by atoms with E-state index < -0.39 is 6.10 Å². The standard InChI is InChI=1S/C13H26N2O3/c1-10-5-4-6-14-12(10)7-13(17)15(2)8-11(16)9-18-3/h10-12,14,16H,4-9H2,1-3H3. The molecule has 106 valence electrons. The van der Waals surface area contributed by atoms with Crippen molar-refractivity contribution in [3.63, 3.8) is 0 Å². The highest BCUT2D eigenvalue weighted by molar-refractivity contribution is 5.76. The number of rotatable bonds is 6. The lowest BCUT2D eigenvalue weighted by Gasteiger charge is -2.31. The zero-order chi connectivity index (χ0) is 13.5. The van der Waals surface area contributed by atoms with Crippen LogP contribution in [0.1, 0.15) is 26.2 Å². The highest BCUT2D eigenvalue weighted by atomic mass is 16.5. The van der Waals surface area contributed by atoms with E-state index in [1.54, 1.807) is 19.1 Å². The van der Waals surface area contributed by atoms with Gasteiger partial charge in [-0.1, -0.05) is 6.92 Å². The summed E-state index contributed by atoms with van der Waals surface area (Å²) >= 11 is 0. The van der Waals surface area contributed by atoms with Crippen molar-refractivity contribution in [2.24, 2.45) is 5.92 Å². The van der Waals surface area contributed by atoms with Gasteiger partial charge in [-0.25, -0.2) is 0 Å². The average Bonchev–Trinajstić information content (AvgIpc) is 2.32. The third kappa shape index (κ3) is 4.92. The molecule has 3 unspecified atom stereocenters. The second-order valence-electron chi connectivity index (χ2n) is 5.27. The van der Waals surface area contributed by atoms with E-state index in [2.05, 4.69) is 12.2 Å². The molecule has 0 aromatic rings. The number of carbonyl (C=O) groups is 1. The van der Waals surface area contributed by atoms with Crippen LogP contribution >= 0.6 is 0 Å². The Labute approximate surface area is 109 Å². The first-order valence-electron chi connectivity index (χ1n) is 6.69. The van der Waals surface area contributed by atoms with Crippen LogP contribution in [0.5, 0.6) is 0 Å². The normalized spacial score (nSPS) is 25.8. The zero-order valence-corrected chi connectivity index (χ0v) is 11.7. The molecule has 0 radical (unpaired) electrons. The summed E-state index contributed by atoms with van der Waals surface area (Å²) in [4.78, 5) is 13.6. The maximum absolute atomic E-state index is 12.0. The number of likely N-dealkylation sites (N-methyl/N-ethyl adjacent to an activating group) is 1. The minimum atomic E-state index is -0.610. The van der Waals surface area contributed by atoms with Crippen molar-refractivity contribution in [1.82, 2.24) is 10.2 Å². The lowest BCUT2D eigenvalue weighted by atomic mass is 9.90.